The van der Waals surface area contributed by atoms with Crippen molar-refractivity contribution in [1.29, 1.82) is 0 Å². The van der Waals surface area contributed by atoms with Gasteiger partial charge in [-0.2, -0.15) is 8.78 Å². The Labute approximate surface area is 175 Å². The molecule has 2 aromatic rings. The first-order valence-corrected chi connectivity index (χ1v) is 9.11. The van der Waals surface area contributed by atoms with E-state index >= 15 is 0 Å². The number of esters is 1. The van der Waals surface area contributed by atoms with E-state index in [-0.39, 0.29) is 36.1 Å². The van der Waals surface area contributed by atoms with Crippen LogP contribution in [0.2, 0.25) is 5.02 Å². The molecule has 1 aliphatic heterocycles. The minimum atomic E-state index is -3.08. The van der Waals surface area contributed by atoms with Gasteiger partial charge in [0.25, 0.3) is 11.8 Å². The maximum atomic E-state index is 12.5. The topological polar surface area (TPSA) is 82.1 Å². The highest BCUT2D eigenvalue weighted by Crippen LogP contribution is 2.37. The molecule has 0 aliphatic carbocycles. The van der Waals surface area contributed by atoms with Crippen molar-refractivity contribution in [3.8, 4) is 11.5 Å². The molecule has 0 spiro atoms. The van der Waals surface area contributed by atoms with E-state index in [1.807, 2.05) is 0 Å². The van der Waals surface area contributed by atoms with E-state index in [9.17, 15) is 23.2 Å². The van der Waals surface area contributed by atoms with Gasteiger partial charge < -0.3 is 14.2 Å². The van der Waals surface area contributed by atoms with Crippen LogP contribution in [0.4, 0.5) is 8.78 Å². The Hall–Kier alpha value is -3.20. The highest BCUT2D eigenvalue weighted by Gasteiger charge is 2.35. The van der Waals surface area contributed by atoms with Gasteiger partial charge in [-0.1, -0.05) is 23.7 Å². The number of imide groups is 1. The van der Waals surface area contributed by atoms with Crippen molar-refractivity contribution in [2.24, 2.45) is 0 Å². The number of fused-ring (bicyclic) bond motifs is 1. The number of benzene rings is 2. The van der Waals surface area contributed by atoms with Gasteiger partial charge in [-0.3, -0.25) is 19.3 Å². The van der Waals surface area contributed by atoms with Crippen LogP contribution in [-0.2, 0) is 16.1 Å². The lowest BCUT2D eigenvalue weighted by atomic mass is 10.1. The summed E-state index contributed by atoms with van der Waals surface area (Å²) >= 11 is 5.94. The molecule has 1 heterocycles. The molecule has 2 aromatic carbocycles. The van der Waals surface area contributed by atoms with Crippen molar-refractivity contribution >= 4 is 29.4 Å². The molecule has 7 nitrogen and oxygen atoms in total. The second-order valence-corrected chi connectivity index (χ2v) is 6.61. The summed E-state index contributed by atoms with van der Waals surface area (Å²) in [6.07, 6.45) is -0.205. The molecular weight excluding hydrogens is 424 g/mol. The molecule has 0 atom stereocenters. The monoisotopic (exact) mass is 439 g/mol. The number of alkyl halides is 2. The number of carbonyl (C=O) groups excluding carboxylic acids is 3. The Balaban J connectivity index is 1.57. The fraction of sp³-hybridized carbons (Fsp3) is 0.250. The van der Waals surface area contributed by atoms with Gasteiger partial charge in [-0.15, -0.1) is 0 Å². The standard InChI is InChI=1S/C20H16ClF2NO6/c1-28-15-9-11(8-14(21)17(15)30-20(22)23)10-29-16(25)6-7-24-18(26)12-4-2-3-5-13(12)19(24)27/h2-5,8-9,20H,6-7,10H2,1H3. The summed E-state index contributed by atoms with van der Waals surface area (Å²) in [6.45, 7) is -3.43. The summed E-state index contributed by atoms with van der Waals surface area (Å²) in [6, 6.07) is 9.05. The summed E-state index contributed by atoms with van der Waals surface area (Å²) in [7, 11) is 1.25. The molecule has 1 aliphatic rings. The van der Waals surface area contributed by atoms with Gasteiger partial charge in [0.05, 0.1) is 29.7 Å². The van der Waals surface area contributed by atoms with Crippen LogP contribution < -0.4 is 9.47 Å². The van der Waals surface area contributed by atoms with Crippen molar-refractivity contribution in [2.75, 3.05) is 13.7 Å². The highest BCUT2D eigenvalue weighted by molar-refractivity contribution is 6.32. The minimum Gasteiger partial charge on any atom is -0.493 e. The number of nitrogens with zero attached hydrogens (tertiary/aromatic N) is 1. The van der Waals surface area contributed by atoms with Gasteiger partial charge in [0, 0.05) is 6.54 Å². The van der Waals surface area contributed by atoms with E-state index in [0.717, 1.165) is 4.90 Å². The van der Waals surface area contributed by atoms with E-state index in [0.29, 0.717) is 16.7 Å². The van der Waals surface area contributed by atoms with Crippen LogP contribution in [0.1, 0.15) is 32.7 Å². The first-order valence-electron chi connectivity index (χ1n) is 8.74. The smallest absolute Gasteiger partial charge is 0.387 e. The lowest BCUT2D eigenvalue weighted by Crippen LogP contribution is -2.32. The molecule has 0 fully saturated rings. The van der Waals surface area contributed by atoms with Crippen molar-refractivity contribution in [3.05, 3.63) is 58.1 Å². The Morgan fingerprint density at radius 1 is 1.13 bits per heavy atom. The largest absolute Gasteiger partial charge is 0.493 e. The van der Waals surface area contributed by atoms with E-state index in [1.54, 1.807) is 24.3 Å². The van der Waals surface area contributed by atoms with Crippen LogP contribution >= 0.6 is 11.6 Å². The Morgan fingerprint density at radius 2 is 1.77 bits per heavy atom. The molecule has 10 heteroatoms. The van der Waals surface area contributed by atoms with E-state index in [4.69, 9.17) is 21.1 Å². The van der Waals surface area contributed by atoms with Crippen molar-refractivity contribution in [3.63, 3.8) is 0 Å². The average Bonchev–Trinajstić information content (AvgIpc) is 2.96. The molecule has 30 heavy (non-hydrogen) atoms. The number of hydrogen-bond donors (Lipinski definition) is 0. The number of methoxy groups -OCH3 is 1. The van der Waals surface area contributed by atoms with E-state index in [2.05, 4.69) is 4.74 Å². The summed E-state index contributed by atoms with van der Waals surface area (Å²) in [5, 5.41) is -0.133. The van der Waals surface area contributed by atoms with Crippen LogP contribution in [0.15, 0.2) is 36.4 Å². The van der Waals surface area contributed by atoms with Crippen LogP contribution in [-0.4, -0.2) is 42.9 Å². The fourth-order valence-corrected chi connectivity index (χ4v) is 3.22. The lowest BCUT2D eigenvalue weighted by molar-refractivity contribution is -0.145. The second kappa shape index (κ2) is 9.08. The molecule has 0 N–H and O–H groups in total. The molecule has 158 valence electrons. The third-order valence-corrected chi connectivity index (χ3v) is 4.59. The van der Waals surface area contributed by atoms with Gasteiger partial charge in [-0.25, -0.2) is 0 Å². The summed E-state index contributed by atoms with van der Waals surface area (Å²) in [4.78, 5) is 37.6. The molecule has 0 bridgehead atoms. The molecule has 0 saturated carbocycles. The Morgan fingerprint density at radius 3 is 2.33 bits per heavy atom. The molecule has 0 saturated heterocycles. The van der Waals surface area contributed by atoms with Gasteiger partial charge >= 0.3 is 12.6 Å². The lowest BCUT2D eigenvalue weighted by Gasteiger charge is -2.15. The first kappa shape index (κ1) is 21.5. The summed E-state index contributed by atoms with van der Waals surface area (Å²) < 4.78 is 39.4. The van der Waals surface area contributed by atoms with Gasteiger partial charge in [0.1, 0.15) is 6.61 Å². The van der Waals surface area contributed by atoms with E-state index < -0.39 is 24.4 Å². The number of hydrogen-bond acceptors (Lipinski definition) is 6. The van der Waals surface area contributed by atoms with Gasteiger partial charge in [0.15, 0.2) is 11.5 Å². The van der Waals surface area contributed by atoms with Crippen LogP contribution in [0, 0.1) is 0 Å². The summed E-state index contributed by atoms with van der Waals surface area (Å²) in [5.74, 6) is -1.95. The number of amides is 2. The van der Waals surface area contributed by atoms with Crippen LogP contribution in [0.5, 0.6) is 11.5 Å². The zero-order chi connectivity index (χ0) is 21.8. The third-order valence-electron chi connectivity index (χ3n) is 4.31. The predicted molar refractivity (Wildman–Crippen MR) is 101 cm³/mol. The number of carbonyl (C=O) groups is 3. The molecule has 0 aromatic heterocycles. The van der Waals surface area contributed by atoms with E-state index in [1.165, 1.54) is 19.2 Å². The third kappa shape index (κ3) is 4.51. The number of rotatable bonds is 8. The average molecular weight is 440 g/mol. The Kier molecular flexibility index (Phi) is 6.51. The van der Waals surface area contributed by atoms with Crippen LogP contribution in [0.3, 0.4) is 0 Å². The van der Waals surface area contributed by atoms with Crippen molar-refractivity contribution in [1.82, 2.24) is 4.90 Å². The maximum absolute atomic E-state index is 12.5. The SMILES string of the molecule is COc1cc(COC(=O)CCN2C(=O)c3ccccc3C2=O)cc(Cl)c1OC(F)F. The number of ether oxygens (including phenoxy) is 3. The van der Waals surface area contributed by atoms with Crippen molar-refractivity contribution in [2.45, 2.75) is 19.6 Å². The zero-order valence-electron chi connectivity index (χ0n) is 15.7. The zero-order valence-corrected chi connectivity index (χ0v) is 16.4. The predicted octanol–water partition coefficient (Wildman–Crippen LogP) is 3.68. The summed E-state index contributed by atoms with van der Waals surface area (Å²) in [5.41, 5.74) is 0.972. The molecule has 3 rings (SSSR count). The number of halogens is 3. The molecule has 2 amide bonds. The molecular formula is C20H16ClF2NO6. The van der Waals surface area contributed by atoms with Gasteiger partial charge in [0.2, 0.25) is 0 Å². The molecule has 0 unspecified atom stereocenters. The highest BCUT2D eigenvalue weighted by atomic mass is 35.5. The van der Waals surface area contributed by atoms with Gasteiger partial charge in [-0.05, 0) is 29.8 Å². The Bertz CT molecular complexity index is 962. The normalized spacial score (nSPS) is 12.9. The van der Waals surface area contributed by atoms with Crippen LogP contribution in [0.25, 0.3) is 0 Å². The van der Waals surface area contributed by atoms with Crippen molar-refractivity contribution < 1.29 is 37.4 Å². The second-order valence-electron chi connectivity index (χ2n) is 6.21. The first-order chi connectivity index (χ1) is 14.3. The quantitative estimate of drug-likeness (QED) is 0.461. The maximum Gasteiger partial charge on any atom is 0.387 e. The minimum absolute atomic E-state index is 0.0418. The fourth-order valence-electron chi connectivity index (χ4n) is 2.94. The molecule has 0 radical (unpaired) electrons.